The van der Waals surface area contributed by atoms with E-state index in [-0.39, 0.29) is 0 Å². The highest BCUT2D eigenvalue weighted by Gasteiger charge is 1.97. The normalized spacial score (nSPS) is 11.5. The van der Waals surface area contributed by atoms with Gasteiger partial charge in [-0.1, -0.05) is 18.2 Å². The van der Waals surface area contributed by atoms with Crippen molar-refractivity contribution in [1.82, 2.24) is 15.5 Å². The Balaban J connectivity index is 2.22. The second kappa shape index (κ2) is 11.0. The summed E-state index contributed by atoms with van der Waals surface area (Å²) in [5.41, 5.74) is 0. The third kappa shape index (κ3) is 8.92. The van der Waals surface area contributed by atoms with Crippen LogP contribution < -0.4 is 15.4 Å². The van der Waals surface area contributed by atoms with Crippen molar-refractivity contribution in [3.05, 3.63) is 30.3 Å². The molecule has 0 aliphatic heterocycles. The average Bonchev–Trinajstić information content (AvgIpc) is 2.48. The van der Waals surface area contributed by atoms with Crippen LogP contribution in [0.3, 0.4) is 0 Å². The highest BCUT2D eigenvalue weighted by Crippen LogP contribution is 2.07. The lowest BCUT2D eigenvalue weighted by molar-refractivity contribution is 0.322. The maximum absolute atomic E-state index is 5.64. The fraction of sp³-hybridized carbons (Fsp3) is 0.562. The molecule has 0 aliphatic carbocycles. The summed E-state index contributed by atoms with van der Waals surface area (Å²) in [5.74, 6) is 1.75. The van der Waals surface area contributed by atoms with Gasteiger partial charge in [-0.2, -0.15) is 0 Å². The van der Waals surface area contributed by atoms with Crippen molar-refractivity contribution in [3.8, 4) is 5.75 Å². The fourth-order valence-electron chi connectivity index (χ4n) is 1.77. The minimum absolute atomic E-state index is 0.617. The standard InChI is InChI=1S/C16H28N4O/c1-4-17-16(18-11-8-13-20(2)3)19-12-14-21-15-9-6-5-7-10-15/h5-7,9-10H,4,8,11-14H2,1-3H3,(H2,17,18,19). The highest BCUT2D eigenvalue weighted by molar-refractivity contribution is 5.79. The fourth-order valence-corrected chi connectivity index (χ4v) is 1.77. The molecule has 0 unspecified atom stereocenters. The summed E-state index contributed by atoms with van der Waals surface area (Å²) in [6.45, 7) is 6.16. The Morgan fingerprint density at radius 3 is 2.62 bits per heavy atom. The third-order valence-electron chi connectivity index (χ3n) is 2.78. The number of para-hydroxylation sites is 1. The van der Waals surface area contributed by atoms with Gasteiger partial charge in [0.25, 0.3) is 0 Å². The molecule has 0 aliphatic rings. The van der Waals surface area contributed by atoms with E-state index in [1.165, 1.54) is 0 Å². The Hall–Kier alpha value is -1.75. The maximum Gasteiger partial charge on any atom is 0.191 e. The predicted octanol–water partition coefficient (Wildman–Crippen LogP) is 1.57. The van der Waals surface area contributed by atoms with Crippen LogP contribution in [0.1, 0.15) is 13.3 Å². The summed E-state index contributed by atoms with van der Waals surface area (Å²) in [5, 5.41) is 6.52. The first-order chi connectivity index (χ1) is 10.2. The number of benzene rings is 1. The van der Waals surface area contributed by atoms with Crippen LogP contribution in [-0.2, 0) is 0 Å². The summed E-state index contributed by atoms with van der Waals surface area (Å²) in [6.07, 6.45) is 1.06. The summed E-state index contributed by atoms with van der Waals surface area (Å²) in [6, 6.07) is 9.84. The van der Waals surface area contributed by atoms with Gasteiger partial charge < -0.3 is 20.3 Å². The van der Waals surface area contributed by atoms with E-state index >= 15 is 0 Å². The van der Waals surface area contributed by atoms with Crippen LogP contribution in [0.4, 0.5) is 0 Å². The molecular formula is C16H28N4O. The number of nitrogens with one attached hydrogen (secondary N) is 2. The number of hydrogen-bond donors (Lipinski definition) is 2. The largest absolute Gasteiger partial charge is 0.492 e. The third-order valence-corrected chi connectivity index (χ3v) is 2.78. The van der Waals surface area contributed by atoms with E-state index < -0.39 is 0 Å². The number of nitrogens with zero attached hydrogens (tertiary/aromatic N) is 2. The number of guanidine groups is 1. The molecule has 1 aromatic rings. The summed E-state index contributed by atoms with van der Waals surface area (Å²) in [7, 11) is 4.15. The van der Waals surface area contributed by atoms with Gasteiger partial charge in [-0.05, 0) is 46.1 Å². The smallest absolute Gasteiger partial charge is 0.191 e. The van der Waals surface area contributed by atoms with Crippen molar-refractivity contribution >= 4 is 5.96 Å². The lowest BCUT2D eigenvalue weighted by Gasteiger charge is -2.12. The van der Waals surface area contributed by atoms with E-state index in [1.54, 1.807) is 0 Å². The molecule has 0 bridgehead atoms. The van der Waals surface area contributed by atoms with E-state index in [2.05, 4.69) is 41.5 Å². The van der Waals surface area contributed by atoms with Gasteiger partial charge in [0.2, 0.25) is 0 Å². The molecular weight excluding hydrogens is 264 g/mol. The SMILES string of the molecule is CCNC(=NCCCN(C)C)NCCOc1ccccc1. The van der Waals surface area contributed by atoms with E-state index in [1.807, 2.05) is 30.3 Å². The number of ether oxygens (including phenoxy) is 1. The predicted molar refractivity (Wildman–Crippen MR) is 89.1 cm³/mol. The van der Waals surface area contributed by atoms with Crippen LogP contribution in [0, 0.1) is 0 Å². The monoisotopic (exact) mass is 292 g/mol. The van der Waals surface area contributed by atoms with Crippen LogP contribution in [0.2, 0.25) is 0 Å². The van der Waals surface area contributed by atoms with Crippen LogP contribution in [0.25, 0.3) is 0 Å². The van der Waals surface area contributed by atoms with Crippen LogP contribution >= 0.6 is 0 Å². The molecule has 5 heteroatoms. The molecule has 0 heterocycles. The van der Waals surface area contributed by atoms with Gasteiger partial charge in [-0.25, -0.2) is 0 Å². The van der Waals surface area contributed by atoms with E-state index in [9.17, 15) is 0 Å². The molecule has 1 rings (SSSR count). The first-order valence-corrected chi connectivity index (χ1v) is 7.57. The molecule has 0 aromatic heterocycles. The van der Waals surface area contributed by atoms with Crippen LogP contribution in [0.15, 0.2) is 35.3 Å². The molecule has 118 valence electrons. The van der Waals surface area contributed by atoms with E-state index in [0.29, 0.717) is 6.61 Å². The summed E-state index contributed by atoms with van der Waals surface area (Å²) in [4.78, 5) is 6.71. The number of rotatable bonds is 9. The van der Waals surface area contributed by atoms with Crippen molar-refractivity contribution in [2.24, 2.45) is 4.99 Å². The highest BCUT2D eigenvalue weighted by atomic mass is 16.5. The minimum Gasteiger partial charge on any atom is -0.492 e. The topological polar surface area (TPSA) is 48.9 Å². The Bertz CT molecular complexity index is 393. The van der Waals surface area contributed by atoms with Gasteiger partial charge in [-0.3, -0.25) is 4.99 Å². The molecule has 0 saturated heterocycles. The molecule has 0 radical (unpaired) electrons. The summed E-state index contributed by atoms with van der Waals surface area (Å²) >= 11 is 0. The molecule has 2 N–H and O–H groups in total. The van der Waals surface area contributed by atoms with Crippen molar-refractivity contribution in [2.75, 3.05) is 46.9 Å². The zero-order chi connectivity index (χ0) is 15.3. The van der Waals surface area contributed by atoms with Gasteiger partial charge in [0.05, 0.1) is 6.54 Å². The first kappa shape index (κ1) is 17.3. The van der Waals surface area contributed by atoms with E-state index in [4.69, 9.17) is 4.74 Å². The summed E-state index contributed by atoms with van der Waals surface area (Å²) < 4.78 is 5.64. The lowest BCUT2D eigenvalue weighted by atomic mass is 10.3. The van der Waals surface area contributed by atoms with Crippen molar-refractivity contribution in [2.45, 2.75) is 13.3 Å². The number of aliphatic imine (C=N–C) groups is 1. The molecule has 0 saturated carbocycles. The van der Waals surface area contributed by atoms with Crippen LogP contribution in [-0.4, -0.2) is 57.7 Å². The molecule has 0 fully saturated rings. The molecule has 1 aromatic carbocycles. The Kier molecular flexibility index (Phi) is 9.04. The zero-order valence-corrected chi connectivity index (χ0v) is 13.4. The van der Waals surface area contributed by atoms with E-state index in [0.717, 1.165) is 44.3 Å². The zero-order valence-electron chi connectivity index (χ0n) is 13.4. The first-order valence-electron chi connectivity index (χ1n) is 7.57. The lowest BCUT2D eigenvalue weighted by Crippen LogP contribution is -2.39. The average molecular weight is 292 g/mol. The Morgan fingerprint density at radius 1 is 1.19 bits per heavy atom. The number of hydrogen-bond acceptors (Lipinski definition) is 3. The van der Waals surface area contributed by atoms with Gasteiger partial charge in [0.1, 0.15) is 12.4 Å². The van der Waals surface area contributed by atoms with Crippen molar-refractivity contribution < 1.29 is 4.74 Å². The maximum atomic E-state index is 5.64. The minimum atomic E-state index is 0.617. The van der Waals surface area contributed by atoms with Crippen molar-refractivity contribution in [3.63, 3.8) is 0 Å². The van der Waals surface area contributed by atoms with Crippen molar-refractivity contribution in [1.29, 1.82) is 0 Å². The molecule has 21 heavy (non-hydrogen) atoms. The van der Waals surface area contributed by atoms with Gasteiger partial charge >= 0.3 is 0 Å². The van der Waals surface area contributed by atoms with Gasteiger partial charge in [0, 0.05) is 13.1 Å². The van der Waals surface area contributed by atoms with Gasteiger partial charge in [0.15, 0.2) is 5.96 Å². The second-order valence-corrected chi connectivity index (χ2v) is 5.01. The molecule has 0 atom stereocenters. The van der Waals surface area contributed by atoms with Gasteiger partial charge in [-0.15, -0.1) is 0 Å². The molecule has 5 nitrogen and oxygen atoms in total. The Morgan fingerprint density at radius 2 is 1.95 bits per heavy atom. The molecule has 0 spiro atoms. The quantitative estimate of drug-likeness (QED) is 0.412. The van der Waals surface area contributed by atoms with Crippen LogP contribution in [0.5, 0.6) is 5.75 Å². The molecule has 0 amide bonds. The second-order valence-electron chi connectivity index (χ2n) is 5.01. The Labute approximate surface area is 128 Å².